The molecule has 7 rings (SSSR count). The molecule has 12 nitrogen and oxygen atoms in total. The van der Waals surface area contributed by atoms with Crippen molar-refractivity contribution in [2.24, 2.45) is 11.8 Å². The zero-order valence-corrected chi connectivity index (χ0v) is 31.5. The van der Waals surface area contributed by atoms with Crippen LogP contribution in [0.15, 0.2) is 59.1 Å². The van der Waals surface area contributed by atoms with E-state index in [4.69, 9.17) is 13.9 Å². The zero-order chi connectivity index (χ0) is 37.7. The molecule has 2 aromatic carbocycles. The lowest BCUT2D eigenvalue weighted by Gasteiger charge is -2.25. The van der Waals surface area contributed by atoms with Crippen molar-refractivity contribution in [2.75, 3.05) is 23.7 Å². The molecule has 4 unspecified atom stereocenters. The highest BCUT2D eigenvalue weighted by molar-refractivity contribution is 5.99. The molecule has 0 bridgehead atoms. The van der Waals surface area contributed by atoms with Gasteiger partial charge in [-0.3, -0.25) is 19.2 Å². The van der Waals surface area contributed by atoms with Crippen molar-refractivity contribution in [1.29, 1.82) is 0 Å². The molecule has 0 radical (unpaired) electrons. The summed E-state index contributed by atoms with van der Waals surface area (Å²) < 4.78 is 18.4. The van der Waals surface area contributed by atoms with Crippen molar-refractivity contribution >= 4 is 35.0 Å². The van der Waals surface area contributed by atoms with Gasteiger partial charge >= 0.3 is 0 Å². The number of benzene rings is 2. The summed E-state index contributed by atoms with van der Waals surface area (Å²) in [6, 6.07) is 13.4. The van der Waals surface area contributed by atoms with E-state index in [0.29, 0.717) is 49.0 Å². The topological polar surface area (TPSA) is 143 Å². The first-order valence-corrected chi connectivity index (χ1v) is 18.9. The Bertz CT molecular complexity index is 1700. The first-order valence-electron chi connectivity index (χ1n) is 18.9. The molecular weight excluding hydrogens is 674 g/mol. The van der Waals surface area contributed by atoms with E-state index in [1.165, 1.54) is 0 Å². The Hall–Kier alpha value is -4.55. The van der Waals surface area contributed by atoms with Crippen LogP contribution in [-0.2, 0) is 28.7 Å². The molecule has 3 heterocycles. The number of oxazole rings is 1. The lowest BCUT2D eigenvalue weighted by atomic mass is 10.1. The number of aromatic nitrogens is 1. The van der Waals surface area contributed by atoms with Gasteiger partial charge in [-0.2, -0.15) is 0 Å². The van der Waals surface area contributed by atoms with Crippen molar-refractivity contribution in [3.05, 3.63) is 54.7 Å². The van der Waals surface area contributed by atoms with E-state index in [1.807, 2.05) is 65.8 Å². The van der Waals surface area contributed by atoms with Crippen molar-refractivity contribution < 1.29 is 33.1 Å². The van der Waals surface area contributed by atoms with Gasteiger partial charge in [0.2, 0.25) is 29.5 Å². The van der Waals surface area contributed by atoms with Crippen LogP contribution in [0.5, 0.6) is 0 Å². The fourth-order valence-electron chi connectivity index (χ4n) is 7.29. The third-order valence-electron chi connectivity index (χ3n) is 9.93. The molecule has 3 aromatic rings. The van der Waals surface area contributed by atoms with Crippen LogP contribution < -0.4 is 10.6 Å². The Kier molecular flexibility index (Phi) is 9.97. The second kappa shape index (κ2) is 14.4. The Morgan fingerprint density at radius 3 is 1.47 bits per heavy atom. The van der Waals surface area contributed by atoms with Crippen LogP contribution in [0.2, 0.25) is 0 Å². The van der Waals surface area contributed by atoms with Gasteiger partial charge in [-0.1, -0.05) is 0 Å². The Morgan fingerprint density at radius 2 is 1.08 bits per heavy atom. The van der Waals surface area contributed by atoms with Gasteiger partial charge in [-0.15, -0.1) is 0 Å². The van der Waals surface area contributed by atoms with E-state index in [9.17, 15) is 19.2 Å². The number of hydrogen-bond donors (Lipinski definition) is 2. The predicted molar refractivity (Wildman–Crippen MR) is 200 cm³/mol. The summed E-state index contributed by atoms with van der Waals surface area (Å²) in [5, 5.41) is 5.98. The molecule has 2 aliphatic heterocycles. The Labute approximate surface area is 311 Å². The van der Waals surface area contributed by atoms with Crippen molar-refractivity contribution in [1.82, 2.24) is 14.8 Å². The number of likely N-dealkylation sites (tertiary alicyclic amines) is 2. The monoisotopic (exact) mass is 725 g/mol. The first-order chi connectivity index (χ1) is 25.1. The minimum absolute atomic E-state index is 0.0162. The average Bonchev–Trinajstić information content (AvgIpc) is 4.00. The van der Waals surface area contributed by atoms with Gasteiger partial charge in [0.05, 0.1) is 29.6 Å². The molecule has 4 amide bonds. The highest BCUT2D eigenvalue weighted by Crippen LogP contribution is 2.37. The fourth-order valence-corrected chi connectivity index (χ4v) is 7.29. The lowest BCUT2D eigenvalue weighted by molar-refractivity contribution is -0.138. The summed E-state index contributed by atoms with van der Waals surface area (Å²) in [6.45, 7) is 12.7. The predicted octanol–water partition coefficient (Wildman–Crippen LogP) is 6.27. The molecule has 2 aliphatic carbocycles. The highest BCUT2D eigenvalue weighted by atomic mass is 16.5. The minimum Gasteiger partial charge on any atom is -0.436 e. The SMILES string of the molecule is CC(C)(C)OC1CC(C(=O)Nc2ccc(-c3cnc(-c4ccc(NC(=O)C5CC(OC(C)(C)C)CN5C(=O)C5CC5)cc4)o3)cc2)N(C(=O)C2CC2)C1. The van der Waals surface area contributed by atoms with Gasteiger partial charge in [0, 0.05) is 60.3 Å². The van der Waals surface area contributed by atoms with Gasteiger partial charge in [0.15, 0.2) is 5.76 Å². The van der Waals surface area contributed by atoms with E-state index in [1.54, 1.807) is 40.3 Å². The molecule has 2 N–H and O–H groups in total. The van der Waals surface area contributed by atoms with Crippen LogP contribution in [0.1, 0.15) is 80.1 Å². The van der Waals surface area contributed by atoms with E-state index in [0.717, 1.165) is 36.8 Å². The quantitative estimate of drug-likeness (QED) is 0.249. The van der Waals surface area contributed by atoms with E-state index in [2.05, 4.69) is 15.6 Å². The molecule has 2 saturated heterocycles. The van der Waals surface area contributed by atoms with Crippen molar-refractivity contribution in [2.45, 2.75) is 116 Å². The standard InChI is InChI=1S/C41H51N5O7/c1-40(2,3)52-30-19-32(45(22-30)38(49)26-7-8-26)35(47)43-28-15-11-24(12-16-28)34-21-42-37(51-34)25-13-17-29(18-14-25)44-36(48)33-20-31(53-41(4,5)6)23-46(33)39(50)27-9-10-27/h11-18,21,26-27,30-33H,7-10,19-20,22-23H2,1-6H3,(H,43,47)(H,44,48). The van der Waals surface area contributed by atoms with Crippen LogP contribution in [-0.4, -0.2) is 87.0 Å². The number of amides is 4. The number of carbonyl (C=O) groups is 4. The highest BCUT2D eigenvalue weighted by Gasteiger charge is 2.47. The average molecular weight is 726 g/mol. The summed E-state index contributed by atoms with van der Waals surface area (Å²) in [5.41, 5.74) is 2.00. The fraction of sp³-hybridized carbons (Fsp3) is 0.537. The third kappa shape index (κ3) is 8.98. The molecule has 4 fully saturated rings. The van der Waals surface area contributed by atoms with Gasteiger partial charge in [-0.05, 0) is 116 Å². The summed E-state index contributed by atoms with van der Waals surface area (Å²) >= 11 is 0. The molecule has 282 valence electrons. The van der Waals surface area contributed by atoms with Crippen LogP contribution >= 0.6 is 0 Å². The van der Waals surface area contributed by atoms with Crippen LogP contribution in [0.4, 0.5) is 11.4 Å². The third-order valence-corrected chi connectivity index (χ3v) is 9.93. The maximum absolute atomic E-state index is 13.4. The normalized spacial score (nSPS) is 23.3. The van der Waals surface area contributed by atoms with Gasteiger partial charge in [0.25, 0.3) is 0 Å². The lowest BCUT2D eigenvalue weighted by Crippen LogP contribution is -2.44. The Balaban J connectivity index is 0.958. The number of nitrogens with one attached hydrogen (secondary N) is 2. The second-order valence-electron chi connectivity index (χ2n) is 16.9. The summed E-state index contributed by atoms with van der Waals surface area (Å²) in [4.78, 5) is 60.8. The number of carbonyl (C=O) groups excluding carboxylic acids is 4. The zero-order valence-electron chi connectivity index (χ0n) is 31.5. The van der Waals surface area contributed by atoms with E-state index >= 15 is 0 Å². The molecule has 1 aromatic heterocycles. The summed E-state index contributed by atoms with van der Waals surface area (Å²) in [7, 11) is 0. The largest absolute Gasteiger partial charge is 0.436 e. The van der Waals surface area contributed by atoms with Crippen molar-refractivity contribution in [3.63, 3.8) is 0 Å². The molecule has 0 spiro atoms. The molecule has 53 heavy (non-hydrogen) atoms. The van der Waals surface area contributed by atoms with Crippen LogP contribution in [0, 0.1) is 11.8 Å². The second-order valence-corrected chi connectivity index (χ2v) is 16.9. The minimum atomic E-state index is -0.585. The number of hydrogen-bond acceptors (Lipinski definition) is 8. The van der Waals surface area contributed by atoms with Crippen LogP contribution in [0.3, 0.4) is 0 Å². The smallest absolute Gasteiger partial charge is 0.247 e. The molecule has 12 heteroatoms. The summed E-state index contributed by atoms with van der Waals surface area (Å²) in [5.74, 6) is 0.642. The molecule has 2 saturated carbocycles. The number of anilines is 2. The molecule has 4 atom stereocenters. The van der Waals surface area contributed by atoms with E-state index in [-0.39, 0.29) is 58.9 Å². The number of nitrogens with zero attached hydrogens (tertiary/aromatic N) is 3. The van der Waals surface area contributed by atoms with Gasteiger partial charge in [-0.25, -0.2) is 4.98 Å². The van der Waals surface area contributed by atoms with Crippen LogP contribution in [0.25, 0.3) is 22.8 Å². The summed E-state index contributed by atoms with van der Waals surface area (Å²) in [6.07, 6.45) is 5.68. The number of ether oxygens (including phenoxy) is 2. The van der Waals surface area contributed by atoms with Gasteiger partial charge in [0.1, 0.15) is 12.1 Å². The maximum Gasteiger partial charge on any atom is 0.247 e. The number of rotatable bonds is 10. The Morgan fingerprint density at radius 1 is 0.660 bits per heavy atom. The molecule has 4 aliphatic rings. The van der Waals surface area contributed by atoms with E-state index < -0.39 is 12.1 Å². The maximum atomic E-state index is 13.4. The van der Waals surface area contributed by atoms with Crippen molar-refractivity contribution in [3.8, 4) is 22.8 Å². The first kappa shape index (κ1) is 36.8. The molecular formula is C41H51N5O7. The van der Waals surface area contributed by atoms with Gasteiger partial charge < -0.3 is 34.3 Å².